The number of aliphatic carboxylic acids is 2. The summed E-state index contributed by atoms with van der Waals surface area (Å²) in [5, 5.41) is 18.2. The second-order valence-electron chi connectivity index (χ2n) is 5.45. The average molecular weight is 369 g/mol. The molecule has 0 bridgehead atoms. The van der Waals surface area contributed by atoms with E-state index in [4.69, 9.17) is 24.5 Å². The van der Waals surface area contributed by atoms with Gasteiger partial charge in [0.2, 0.25) is 0 Å². The van der Waals surface area contributed by atoms with Crippen LogP contribution in [-0.2, 0) is 14.3 Å². The van der Waals surface area contributed by atoms with E-state index in [2.05, 4.69) is 23.9 Å². The third-order valence-electron chi connectivity index (χ3n) is 3.40. The van der Waals surface area contributed by atoms with Gasteiger partial charge in [0.05, 0.1) is 19.3 Å². The summed E-state index contributed by atoms with van der Waals surface area (Å²) in [6.45, 7) is 6.09. The number of unbranched alkanes of at least 4 members (excludes halogenated alkanes) is 1. The van der Waals surface area contributed by atoms with E-state index in [0.717, 1.165) is 31.6 Å². The summed E-state index contributed by atoms with van der Waals surface area (Å²) in [7, 11) is 1.38. The number of ether oxygens (including phenoxy) is 2. The van der Waals surface area contributed by atoms with Crippen LogP contribution in [0.3, 0.4) is 0 Å². The van der Waals surface area contributed by atoms with Crippen LogP contribution in [0.1, 0.15) is 43.5 Å². The Balaban J connectivity index is 0.000000896. The minimum Gasteiger partial charge on any atom is -0.494 e. The summed E-state index contributed by atoms with van der Waals surface area (Å²) in [6, 6.07) is 7.60. The number of benzene rings is 1. The molecule has 0 aliphatic carbocycles. The maximum atomic E-state index is 11.3. The smallest absolute Gasteiger partial charge is 0.414 e. The van der Waals surface area contributed by atoms with Gasteiger partial charge in [0.25, 0.3) is 0 Å². The van der Waals surface area contributed by atoms with Crippen molar-refractivity contribution < 1.29 is 34.1 Å². The number of hydrogen-bond donors (Lipinski definition) is 3. The molecule has 1 unspecified atom stereocenters. The molecule has 1 aromatic rings. The molecule has 1 atom stereocenters. The van der Waals surface area contributed by atoms with Crippen molar-refractivity contribution in [1.29, 1.82) is 0 Å². The fourth-order valence-electron chi connectivity index (χ4n) is 1.71. The van der Waals surface area contributed by atoms with Crippen LogP contribution < -0.4 is 10.1 Å². The minimum absolute atomic E-state index is 0.326. The van der Waals surface area contributed by atoms with Crippen LogP contribution in [0.5, 0.6) is 5.75 Å². The Labute approximate surface area is 153 Å². The quantitative estimate of drug-likeness (QED) is 0.344. The maximum absolute atomic E-state index is 11.3. The van der Waals surface area contributed by atoms with Crippen LogP contribution >= 0.6 is 0 Å². The van der Waals surface area contributed by atoms with Crippen molar-refractivity contribution >= 4 is 17.9 Å². The van der Waals surface area contributed by atoms with Gasteiger partial charge in [0.1, 0.15) is 5.75 Å². The Morgan fingerprint density at radius 1 is 1.08 bits per heavy atom. The molecule has 0 aromatic heterocycles. The predicted molar refractivity (Wildman–Crippen MR) is 95.5 cm³/mol. The first-order valence-corrected chi connectivity index (χ1v) is 8.32. The van der Waals surface area contributed by atoms with Gasteiger partial charge in [-0.15, -0.1) is 0 Å². The molecule has 0 spiro atoms. The summed E-state index contributed by atoms with van der Waals surface area (Å²) >= 11 is 0. The minimum atomic E-state index is -1.82. The second kappa shape index (κ2) is 13.7. The van der Waals surface area contributed by atoms with Gasteiger partial charge in [-0.3, -0.25) is 0 Å². The van der Waals surface area contributed by atoms with Crippen LogP contribution in [0.25, 0.3) is 0 Å². The molecule has 8 nitrogen and oxygen atoms in total. The van der Waals surface area contributed by atoms with Crippen LogP contribution in [0.4, 0.5) is 0 Å². The summed E-state index contributed by atoms with van der Waals surface area (Å²) < 4.78 is 10.3. The standard InChI is InChI=1S/C16H25NO3.C2H2O4/c1-4-13(2)17-11-5-6-12-20-15-9-7-14(8-10-15)16(18)19-3;3-1(4)2(5)6/h7-10,13,17H,4-6,11-12H2,1-3H3;(H,3,4)(H,5,6). The number of carbonyl (C=O) groups excluding carboxylic acids is 1. The van der Waals surface area contributed by atoms with E-state index < -0.39 is 11.9 Å². The predicted octanol–water partition coefficient (Wildman–Crippen LogP) is 2.18. The Morgan fingerprint density at radius 2 is 1.65 bits per heavy atom. The summed E-state index contributed by atoms with van der Waals surface area (Å²) in [5.74, 6) is -3.19. The first-order chi connectivity index (χ1) is 12.3. The fourth-order valence-corrected chi connectivity index (χ4v) is 1.71. The topological polar surface area (TPSA) is 122 Å². The highest BCUT2D eigenvalue weighted by molar-refractivity contribution is 6.27. The summed E-state index contributed by atoms with van der Waals surface area (Å²) in [4.78, 5) is 29.5. The van der Waals surface area contributed by atoms with E-state index in [1.807, 2.05) is 0 Å². The Bertz CT molecular complexity index is 545. The highest BCUT2D eigenvalue weighted by atomic mass is 16.5. The lowest BCUT2D eigenvalue weighted by atomic mass is 10.2. The Kier molecular flexibility index (Phi) is 12.3. The van der Waals surface area contributed by atoms with Gasteiger partial charge in [-0.2, -0.15) is 0 Å². The zero-order valence-electron chi connectivity index (χ0n) is 15.4. The van der Waals surface area contributed by atoms with Crippen LogP contribution in [-0.4, -0.2) is 54.4 Å². The number of hydrogen-bond acceptors (Lipinski definition) is 6. The summed E-state index contributed by atoms with van der Waals surface area (Å²) in [6.07, 6.45) is 3.27. The molecule has 0 saturated heterocycles. The van der Waals surface area contributed by atoms with Gasteiger partial charge in [-0.1, -0.05) is 6.92 Å². The number of carboxylic acid groups (broad SMARTS) is 2. The highest BCUT2D eigenvalue weighted by Crippen LogP contribution is 2.13. The van der Waals surface area contributed by atoms with Crippen molar-refractivity contribution in [3.8, 4) is 5.75 Å². The monoisotopic (exact) mass is 369 g/mol. The summed E-state index contributed by atoms with van der Waals surface area (Å²) in [5.41, 5.74) is 0.539. The van der Waals surface area contributed by atoms with E-state index in [1.54, 1.807) is 24.3 Å². The Morgan fingerprint density at radius 3 is 2.12 bits per heavy atom. The molecule has 1 rings (SSSR count). The van der Waals surface area contributed by atoms with Crippen molar-refractivity contribution in [2.45, 2.75) is 39.2 Å². The average Bonchev–Trinajstić information content (AvgIpc) is 2.64. The van der Waals surface area contributed by atoms with Gasteiger partial charge < -0.3 is 25.0 Å². The number of rotatable bonds is 9. The van der Waals surface area contributed by atoms with Crippen molar-refractivity contribution in [1.82, 2.24) is 5.32 Å². The maximum Gasteiger partial charge on any atom is 0.414 e. The molecule has 3 N–H and O–H groups in total. The van der Waals surface area contributed by atoms with Crippen LogP contribution in [0.15, 0.2) is 24.3 Å². The molecule has 0 saturated carbocycles. The van der Waals surface area contributed by atoms with E-state index in [9.17, 15) is 4.79 Å². The number of esters is 1. The molecule has 0 amide bonds. The first-order valence-electron chi connectivity index (χ1n) is 8.32. The molecule has 0 fully saturated rings. The molecule has 146 valence electrons. The van der Waals surface area contributed by atoms with E-state index >= 15 is 0 Å². The lowest BCUT2D eigenvalue weighted by Crippen LogP contribution is -2.26. The number of carbonyl (C=O) groups is 3. The van der Waals surface area contributed by atoms with Gasteiger partial charge in [-0.25, -0.2) is 14.4 Å². The van der Waals surface area contributed by atoms with Gasteiger partial charge in [0.15, 0.2) is 0 Å². The second-order valence-corrected chi connectivity index (χ2v) is 5.45. The van der Waals surface area contributed by atoms with Crippen LogP contribution in [0.2, 0.25) is 0 Å². The van der Waals surface area contributed by atoms with E-state index in [1.165, 1.54) is 7.11 Å². The molecule has 26 heavy (non-hydrogen) atoms. The fraction of sp³-hybridized carbons (Fsp3) is 0.500. The normalized spacial score (nSPS) is 10.9. The molecule has 0 radical (unpaired) electrons. The molecular formula is C18H27NO7. The number of carboxylic acids is 2. The van der Waals surface area contributed by atoms with E-state index in [0.29, 0.717) is 18.2 Å². The molecule has 0 aliphatic heterocycles. The SMILES string of the molecule is CCC(C)NCCCCOc1ccc(C(=O)OC)cc1.O=C(O)C(=O)O. The largest absolute Gasteiger partial charge is 0.494 e. The number of nitrogens with one attached hydrogen (secondary N) is 1. The zero-order chi connectivity index (χ0) is 19.9. The van der Waals surface area contributed by atoms with E-state index in [-0.39, 0.29) is 5.97 Å². The van der Waals surface area contributed by atoms with Crippen molar-refractivity contribution in [3.63, 3.8) is 0 Å². The molecule has 0 heterocycles. The van der Waals surface area contributed by atoms with Crippen molar-refractivity contribution in [2.24, 2.45) is 0 Å². The van der Waals surface area contributed by atoms with Crippen molar-refractivity contribution in [2.75, 3.05) is 20.3 Å². The molecule has 1 aromatic carbocycles. The third-order valence-corrected chi connectivity index (χ3v) is 3.40. The van der Waals surface area contributed by atoms with Gasteiger partial charge >= 0.3 is 17.9 Å². The Hall–Kier alpha value is -2.61. The molecular weight excluding hydrogens is 342 g/mol. The zero-order valence-corrected chi connectivity index (χ0v) is 15.4. The van der Waals surface area contributed by atoms with Gasteiger partial charge in [0, 0.05) is 6.04 Å². The first kappa shape index (κ1) is 23.4. The molecule has 0 aliphatic rings. The molecule has 8 heteroatoms. The highest BCUT2D eigenvalue weighted by Gasteiger charge is 2.05. The lowest BCUT2D eigenvalue weighted by Gasteiger charge is -2.11. The lowest BCUT2D eigenvalue weighted by molar-refractivity contribution is -0.159. The van der Waals surface area contributed by atoms with Crippen LogP contribution in [0, 0.1) is 0 Å². The van der Waals surface area contributed by atoms with Gasteiger partial charge in [-0.05, 0) is 57.0 Å². The van der Waals surface area contributed by atoms with Crippen molar-refractivity contribution in [3.05, 3.63) is 29.8 Å². The number of methoxy groups -OCH3 is 1. The third kappa shape index (κ3) is 11.0.